The van der Waals surface area contributed by atoms with E-state index < -0.39 is 21.3 Å². The molecule has 2 aliphatic rings. The summed E-state index contributed by atoms with van der Waals surface area (Å²) in [5.74, 6) is -0.220. The van der Waals surface area contributed by atoms with Crippen molar-refractivity contribution in [2.45, 2.75) is 30.6 Å². The Morgan fingerprint density at radius 1 is 1.19 bits per heavy atom. The molecule has 138 valence electrons. The number of benzene rings is 1. The van der Waals surface area contributed by atoms with Crippen molar-refractivity contribution in [3.8, 4) is 0 Å². The number of fused-ring (bicyclic) bond motifs is 1. The van der Waals surface area contributed by atoms with E-state index in [1.54, 1.807) is 16.6 Å². The average molecular weight is 374 g/mol. The molecule has 1 aromatic carbocycles. The third kappa shape index (κ3) is 3.20. The van der Waals surface area contributed by atoms with Crippen molar-refractivity contribution in [2.75, 3.05) is 25.0 Å². The molecular formula is C18H22N4O3S. The Morgan fingerprint density at radius 2 is 1.96 bits per heavy atom. The molecule has 2 saturated heterocycles. The SMILES string of the molecule is O=C(Nc1cccc2cccnc12)C1CC(S(=O)(=O)N2CCCC2)CN1. The van der Waals surface area contributed by atoms with E-state index in [-0.39, 0.29) is 5.91 Å². The van der Waals surface area contributed by atoms with E-state index >= 15 is 0 Å². The largest absolute Gasteiger partial charge is 0.323 e. The van der Waals surface area contributed by atoms with Gasteiger partial charge < -0.3 is 10.6 Å². The lowest BCUT2D eigenvalue weighted by Crippen LogP contribution is -2.37. The monoisotopic (exact) mass is 374 g/mol. The summed E-state index contributed by atoms with van der Waals surface area (Å²) in [4.78, 5) is 17.0. The second-order valence-electron chi connectivity index (χ2n) is 6.84. The maximum atomic E-state index is 12.7. The van der Waals surface area contributed by atoms with Crippen molar-refractivity contribution < 1.29 is 13.2 Å². The number of pyridine rings is 1. The molecule has 2 N–H and O–H groups in total. The molecule has 2 aromatic rings. The van der Waals surface area contributed by atoms with Crippen molar-refractivity contribution >= 4 is 32.5 Å². The molecule has 0 aliphatic carbocycles. The van der Waals surface area contributed by atoms with Gasteiger partial charge in [0.05, 0.1) is 22.5 Å². The molecule has 26 heavy (non-hydrogen) atoms. The van der Waals surface area contributed by atoms with E-state index in [9.17, 15) is 13.2 Å². The second kappa shape index (κ2) is 6.94. The molecule has 2 atom stereocenters. The van der Waals surface area contributed by atoms with Crippen LogP contribution in [0, 0.1) is 0 Å². The van der Waals surface area contributed by atoms with Crippen LogP contribution >= 0.6 is 0 Å². The molecule has 7 nitrogen and oxygen atoms in total. The number of hydrogen-bond donors (Lipinski definition) is 2. The van der Waals surface area contributed by atoms with E-state index in [4.69, 9.17) is 0 Å². The maximum Gasteiger partial charge on any atom is 0.241 e. The van der Waals surface area contributed by atoms with Crippen LogP contribution in [-0.4, -0.2) is 54.5 Å². The molecular weight excluding hydrogens is 352 g/mol. The van der Waals surface area contributed by atoms with Crippen LogP contribution in [0.4, 0.5) is 5.69 Å². The number of carbonyl (C=O) groups is 1. The lowest BCUT2D eigenvalue weighted by atomic mass is 10.1. The molecule has 8 heteroatoms. The van der Waals surface area contributed by atoms with Crippen molar-refractivity contribution in [2.24, 2.45) is 0 Å². The highest BCUT2D eigenvalue weighted by Crippen LogP contribution is 2.25. The number of aromatic nitrogens is 1. The van der Waals surface area contributed by atoms with Gasteiger partial charge >= 0.3 is 0 Å². The fourth-order valence-corrected chi connectivity index (χ4v) is 5.64. The highest BCUT2D eigenvalue weighted by atomic mass is 32.2. The number of sulfonamides is 1. The van der Waals surface area contributed by atoms with E-state index in [0.717, 1.165) is 23.7 Å². The zero-order chi connectivity index (χ0) is 18.1. The third-order valence-corrected chi connectivity index (χ3v) is 7.43. The summed E-state index contributed by atoms with van der Waals surface area (Å²) < 4.78 is 26.9. The highest BCUT2D eigenvalue weighted by molar-refractivity contribution is 7.89. The Hall–Kier alpha value is -2.03. The van der Waals surface area contributed by atoms with Gasteiger partial charge in [0.15, 0.2) is 0 Å². The fraction of sp³-hybridized carbons (Fsp3) is 0.444. The minimum absolute atomic E-state index is 0.220. The number of nitrogens with zero attached hydrogens (tertiary/aromatic N) is 2. The Morgan fingerprint density at radius 3 is 2.77 bits per heavy atom. The summed E-state index contributed by atoms with van der Waals surface area (Å²) in [5.41, 5.74) is 1.36. The van der Waals surface area contributed by atoms with Crippen LogP contribution in [0.5, 0.6) is 0 Å². The summed E-state index contributed by atoms with van der Waals surface area (Å²) in [6.07, 6.45) is 3.81. The van der Waals surface area contributed by atoms with E-state index in [1.807, 2.05) is 24.3 Å². The molecule has 3 heterocycles. The Balaban J connectivity index is 1.46. The van der Waals surface area contributed by atoms with Crippen molar-refractivity contribution in [1.82, 2.24) is 14.6 Å². The van der Waals surface area contributed by atoms with Crippen LogP contribution in [0.25, 0.3) is 10.9 Å². The molecule has 0 radical (unpaired) electrons. The number of amides is 1. The lowest BCUT2D eigenvalue weighted by molar-refractivity contribution is -0.117. The zero-order valence-corrected chi connectivity index (χ0v) is 15.2. The van der Waals surface area contributed by atoms with Crippen LogP contribution in [-0.2, 0) is 14.8 Å². The molecule has 0 spiro atoms. The normalized spacial score (nSPS) is 24.2. The first kappa shape index (κ1) is 17.4. The molecule has 0 saturated carbocycles. The number of rotatable bonds is 4. The van der Waals surface area contributed by atoms with Gasteiger partial charge in [-0.15, -0.1) is 0 Å². The molecule has 1 aromatic heterocycles. The minimum Gasteiger partial charge on any atom is -0.323 e. The van der Waals surface area contributed by atoms with Crippen molar-refractivity contribution in [3.63, 3.8) is 0 Å². The quantitative estimate of drug-likeness (QED) is 0.842. The smallest absolute Gasteiger partial charge is 0.241 e. The Kier molecular flexibility index (Phi) is 4.64. The van der Waals surface area contributed by atoms with Crippen LogP contribution in [0.1, 0.15) is 19.3 Å². The van der Waals surface area contributed by atoms with Gasteiger partial charge in [0.25, 0.3) is 0 Å². The van der Waals surface area contributed by atoms with Crippen LogP contribution < -0.4 is 10.6 Å². The predicted molar refractivity (Wildman–Crippen MR) is 100 cm³/mol. The van der Waals surface area contributed by atoms with Crippen LogP contribution in [0.2, 0.25) is 0 Å². The van der Waals surface area contributed by atoms with Crippen molar-refractivity contribution in [3.05, 3.63) is 36.5 Å². The lowest BCUT2D eigenvalue weighted by Gasteiger charge is -2.20. The molecule has 2 aliphatic heterocycles. The Labute approximate surface area is 152 Å². The third-order valence-electron chi connectivity index (χ3n) is 5.14. The molecule has 2 unspecified atom stereocenters. The highest BCUT2D eigenvalue weighted by Gasteiger charge is 2.40. The van der Waals surface area contributed by atoms with Gasteiger partial charge in [-0.25, -0.2) is 12.7 Å². The van der Waals surface area contributed by atoms with E-state index in [0.29, 0.717) is 31.7 Å². The first-order valence-electron chi connectivity index (χ1n) is 8.93. The first-order chi connectivity index (χ1) is 12.6. The number of nitrogens with one attached hydrogen (secondary N) is 2. The molecule has 2 fully saturated rings. The summed E-state index contributed by atoms with van der Waals surface area (Å²) >= 11 is 0. The summed E-state index contributed by atoms with van der Waals surface area (Å²) in [6, 6.07) is 8.87. The number of para-hydroxylation sites is 1. The first-order valence-corrected chi connectivity index (χ1v) is 10.4. The maximum absolute atomic E-state index is 12.7. The standard InChI is InChI=1S/C18H22N4O3S/c23-18(21-15-7-3-5-13-6-4-8-19-17(13)15)16-11-14(12-20-16)26(24,25)22-9-1-2-10-22/h3-8,14,16,20H,1-2,9-12H2,(H,21,23). The number of hydrogen-bond acceptors (Lipinski definition) is 5. The van der Waals surface area contributed by atoms with Gasteiger partial charge in [-0.3, -0.25) is 9.78 Å². The van der Waals surface area contributed by atoms with E-state index in [1.165, 1.54) is 0 Å². The molecule has 0 bridgehead atoms. The van der Waals surface area contributed by atoms with Gasteiger partial charge in [-0.1, -0.05) is 18.2 Å². The van der Waals surface area contributed by atoms with Crippen molar-refractivity contribution in [1.29, 1.82) is 0 Å². The van der Waals surface area contributed by atoms with Gasteiger partial charge in [-0.05, 0) is 31.4 Å². The van der Waals surface area contributed by atoms with Gasteiger partial charge in [0, 0.05) is 31.2 Å². The number of carbonyl (C=O) groups excluding carboxylic acids is 1. The minimum atomic E-state index is -3.33. The van der Waals surface area contributed by atoms with Gasteiger partial charge in [-0.2, -0.15) is 0 Å². The van der Waals surface area contributed by atoms with Gasteiger partial charge in [0.2, 0.25) is 15.9 Å². The second-order valence-corrected chi connectivity index (χ2v) is 9.05. The van der Waals surface area contributed by atoms with Crippen LogP contribution in [0.15, 0.2) is 36.5 Å². The topological polar surface area (TPSA) is 91.4 Å². The zero-order valence-electron chi connectivity index (χ0n) is 14.4. The summed E-state index contributed by atoms with van der Waals surface area (Å²) in [5, 5.41) is 6.37. The molecule has 1 amide bonds. The molecule has 4 rings (SSSR count). The van der Waals surface area contributed by atoms with E-state index in [2.05, 4.69) is 15.6 Å². The Bertz CT molecular complexity index is 920. The summed E-state index contributed by atoms with van der Waals surface area (Å²) in [7, 11) is -3.33. The van der Waals surface area contributed by atoms with Gasteiger partial charge in [0.1, 0.15) is 0 Å². The number of anilines is 1. The predicted octanol–water partition coefficient (Wildman–Crippen LogP) is 1.33. The average Bonchev–Trinajstić information content (AvgIpc) is 3.34. The fourth-order valence-electron chi connectivity index (χ4n) is 3.71. The van der Waals surface area contributed by atoms with Crippen LogP contribution in [0.3, 0.4) is 0 Å². The summed E-state index contributed by atoms with van der Waals surface area (Å²) in [6.45, 7) is 1.50.